The Hall–Kier alpha value is -0.190. The first-order valence-electron chi connectivity index (χ1n) is 7.06. The highest BCUT2D eigenvalue weighted by Crippen LogP contribution is 2.39. The Kier molecular flexibility index (Phi) is 4.63. The van der Waals surface area contributed by atoms with E-state index in [-0.39, 0.29) is 0 Å². The summed E-state index contributed by atoms with van der Waals surface area (Å²) in [6, 6.07) is 6.88. The summed E-state index contributed by atoms with van der Waals surface area (Å²) in [4.78, 5) is 4.70. The molecule has 1 saturated carbocycles. The van der Waals surface area contributed by atoms with E-state index < -0.39 is 0 Å². The number of benzene rings is 1. The predicted octanol–water partition coefficient (Wildman–Crippen LogP) is 5.38. The molecule has 1 heterocycles. The lowest BCUT2D eigenvalue weighted by Gasteiger charge is -2.16. The quantitative estimate of drug-likeness (QED) is 0.669. The van der Waals surface area contributed by atoms with Crippen LogP contribution in [0.5, 0.6) is 0 Å². The van der Waals surface area contributed by atoms with Crippen LogP contribution in [0.4, 0.5) is 0 Å². The smallest absolute Gasteiger partial charge is 0.125 e. The third-order valence-electron chi connectivity index (χ3n) is 3.97. The third kappa shape index (κ3) is 2.75. The van der Waals surface area contributed by atoms with Gasteiger partial charge in [-0.05, 0) is 43.2 Å². The summed E-state index contributed by atoms with van der Waals surface area (Å²) in [5.74, 6) is 2.69. The van der Waals surface area contributed by atoms with Crippen LogP contribution < -0.4 is 0 Å². The molecule has 1 aliphatic rings. The molecule has 3 rings (SSSR count). The average molecular weight is 374 g/mol. The predicted molar refractivity (Wildman–Crippen MR) is 91.8 cm³/mol. The van der Waals surface area contributed by atoms with E-state index in [1.165, 1.54) is 30.5 Å². The number of imidazole rings is 1. The van der Waals surface area contributed by atoms with E-state index in [1.807, 2.05) is 0 Å². The van der Waals surface area contributed by atoms with Gasteiger partial charge in [-0.1, -0.05) is 22.9 Å². The van der Waals surface area contributed by atoms with Gasteiger partial charge in [-0.25, -0.2) is 4.98 Å². The summed E-state index contributed by atoms with van der Waals surface area (Å²) in [5.41, 5.74) is 2.26. The Balaban J connectivity index is 1.98. The number of hydrogen-bond donors (Lipinski definition) is 0. The van der Waals surface area contributed by atoms with Crippen molar-refractivity contribution in [3.63, 3.8) is 0 Å². The summed E-state index contributed by atoms with van der Waals surface area (Å²) >= 11 is 11.7. The molecule has 20 heavy (non-hydrogen) atoms. The molecule has 2 nitrogen and oxygen atoms in total. The van der Waals surface area contributed by atoms with Crippen LogP contribution in [-0.4, -0.2) is 20.6 Å². The van der Waals surface area contributed by atoms with Gasteiger partial charge in [0.1, 0.15) is 5.82 Å². The number of aromatic nitrogens is 2. The lowest BCUT2D eigenvalue weighted by molar-refractivity contribution is 0.519. The normalized spacial score (nSPS) is 22.8. The number of hydrogen-bond acceptors (Lipinski definition) is 2. The molecule has 0 radical (unpaired) electrons. The van der Waals surface area contributed by atoms with Crippen LogP contribution in [0.1, 0.15) is 38.1 Å². The van der Waals surface area contributed by atoms with Crippen LogP contribution in [0.25, 0.3) is 11.0 Å². The minimum Gasteiger partial charge on any atom is -0.324 e. The van der Waals surface area contributed by atoms with E-state index in [4.69, 9.17) is 16.6 Å². The third-order valence-corrected chi connectivity index (χ3v) is 5.93. The first-order valence-corrected chi connectivity index (χ1v) is 9.44. The first-order chi connectivity index (χ1) is 9.72. The largest absolute Gasteiger partial charge is 0.324 e. The molecule has 0 bridgehead atoms. The summed E-state index contributed by atoms with van der Waals surface area (Å²) < 4.78 is 3.45. The molecule has 2 aromatic rings. The molecule has 0 N–H and O–H groups in total. The van der Waals surface area contributed by atoms with Gasteiger partial charge < -0.3 is 4.57 Å². The van der Waals surface area contributed by atoms with Crippen LogP contribution >= 0.6 is 39.3 Å². The van der Waals surface area contributed by atoms with E-state index in [0.29, 0.717) is 11.9 Å². The van der Waals surface area contributed by atoms with Crippen LogP contribution in [0, 0.1) is 0 Å². The zero-order valence-electron chi connectivity index (χ0n) is 11.5. The molecule has 0 aliphatic heterocycles. The van der Waals surface area contributed by atoms with E-state index >= 15 is 0 Å². The van der Waals surface area contributed by atoms with E-state index in [9.17, 15) is 0 Å². The Labute approximate surface area is 137 Å². The minimum absolute atomic E-state index is 0.481. The topological polar surface area (TPSA) is 17.8 Å². The fourth-order valence-corrected chi connectivity index (χ4v) is 4.83. The van der Waals surface area contributed by atoms with Gasteiger partial charge in [-0.15, -0.1) is 11.6 Å². The standard InChI is InChI=1S/C15H18BrClN2S/c1-2-20-12-5-4-11(8-12)19-14-6-3-10(16)7-13(14)18-15(19)9-17/h3,6-7,11-12H,2,4-5,8-9H2,1H3. The number of thioether (sulfide) groups is 1. The molecule has 1 aromatic carbocycles. The lowest BCUT2D eigenvalue weighted by atomic mass is 10.2. The summed E-state index contributed by atoms with van der Waals surface area (Å²) in [7, 11) is 0. The van der Waals surface area contributed by atoms with E-state index in [0.717, 1.165) is 21.1 Å². The molecule has 5 heteroatoms. The van der Waals surface area contributed by atoms with Crippen LogP contribution in [0.15, 0.2) is 22.7 Å². The van der Waals surface area contributed by atoms with Gasteiger partial charge in [0.2, 0.25) is 0 Å². The Morgan fingerprint density at radius 2 is 2.30 bits per heavy atom. The Bertz CT molecular complexity index is 613. The number of nitrogens with zero attached hydrogens (tertiary/aromatic N) is 2. The summed E-state index contributed by atoms with van der Waals surface area (Å²) in [6.07, 6.45) is 3.79. The SMILES string of the molecule is CCSC1CCC(n2c(CCl)nc3cc(Br)ccc32)C1. The van der Waals surface area contributed by atoms with Crippen molar-refractivity contribution in [3.8, 4) is 0 Å². The molecule has 2 atom stereocenters. The second-order valence-corrected chi connectivity index (χ2v) is 7.97. The molecule has 0 amide bonds. The second kappa shape index (κ2) is 6.29. The van der Waals surface area contributed by atoms with Crippen molar-refractivity contribution in [1.29, 1.82) is 0 Å². The number of rotatable bonds is 4. The molecular formula is C15H18BrClN2S. The number of halogens is 2. The minimum atomic E-state index is 0.481. The lowest BCUT2D eigenvalue weighted by Crippen LogP contribution is -2.09. The molecule has 0 saturated heterocycles. The van der Waals surface area contributed by atoms with E-state index in [1.54, 1.807) is 0 Å². The molecule has 1 aliphatic carbocycles. The van der Waals surface area contributed by atoms with Gasteiger partial charge in [-0.2, -0.15) is 11.8 Å². The highest BCUT2D eigenvalue weighted by Gasteiger charge is 2.28. The highest BCUT2D eigenvalue weighted by atomic mass is 79.9. The number of fused-ring (bicyclic) bond motifs is 1. The van der Waals surface area contributed by atoms with Crippen molar-refractivity contribution in [2.75, 3.05) is 5.75 Å². The van der Waals surface area contributed by atoms with E-state index in [2.05, 4.69) is 57.4 Å². The van der Waals surface area contributed by atoms with Crippen molar-refractivity contribution >= 4 is 50.3 Å². The zero-order chi connectivity index (χ0) is 14.1. The van der Waals surface area contributed by atoms with Crippen LogP contribution in [0.2, 0.25) is 0 Å². The van der Waals surface area contributed by atoms with Crippen LogP contribution in [0.3, 0.4) is 0 Å². The monoisotopic (exact) mass is 372 g/mol. The zero-order valence-corrected chi connectivity index (χ0v) is 14.6. The van der Waals surface area contributed by atoms with Gasteiger partial charge in [0.25, 0.3) is 0 Å². The second-order valence-electron chi connectivity index (χ2n) is 5.21. The fourth-order valence-electron chi connectivity index (χ4n) is 3.16. The maximum atomic E-state index is 6.12. The van der Waals surface area contributed by atoms with Crippen molar-refractivity contribution < 1.29 is 0 Å². The summed E-state index contributed by atoms with van der Waals surface area (Å²) in [6.45, 7) is 2.24. The maximum Gasteiger partial charge on any atom is 0.125 e. The van der Waals surface area contributed by atoms with Crippen molar-refractivity contribution in [2.24, 2.45) is 0 Å². The summed E-state index contributed by atoms with van der Waals surface area (Å²) in [5, 5.41) is 0.793. The van der Waals surface area contributed by atoms with Gasteiger partial charge in [0.15, 0.2) is 0 Å². The van der Waals surface area contributed by atoms with Crippen molar-refractivity contribution in [2.45, 2.75) is 43.4 Å². The fraction of sp³-hybridized carbons (Fsp3) is 0.533. The maximum absolute atomic E-state index is 6.12. The molecule has 2 unspecified atom stereocenters. The highest BCUT2D eigenvalue weighted by molar-refractivity contribution is 9.10. The molecule has 1 fully saturated rings. The molecular weight excluding hydrogens is 356 g/mol. The van der Waals surface area contributed by atoms with Crippen molar-refractivity contribution in [1.82, 2.24) is 9.55 Å². The average Bonchev–Trinajstić information content (AvgIpc) is 3.02. The molecule has 108 valence electrons. The van der Waals surface area contributed by atoms with Crippen LogP contribution in [-0.2, 0) is 5.88 Å². The molecule has 0 spiro atoms. The van der Waals surface area contributed by atoms with Gasteiger partial charge in [-0.3, -0.25) is 0 Å². The van der Waals surface area contributed by atoms with Crippen molar-refractivity contribution in [3.05, 3.63) is 28.5 Å². The Morgan fingerprint density at radius 3 is 3.05 bits per heavy atom. The molecule has 1 aromatic heterocycles. The van der Waals surface area contributed by atoms with Gasteiger partial charge >= 0.3 is 0 Å². The Morgan fingerprint density at radius 1 is 1.45 bits per heavy atom. The van der Waals surface area contributed by atoms with Gasteiger partial charge in [0.05, 0.1) is 16.9 Å². The number of alkyl halides is 1. The first kappa shape index (κ1) is 14.7. The van der Waals surface area contributed by atoms with Gasteiger partial charge in [0, 0.05) is 15.8 Å².